The lowest BCUT2D eigenvalue weighted by Gasteiger charge is -2.13. The van der Waals surface area contributed by atoms with E-state index in [0.29, 0.717) is 28.7 Å². The second-order valence-corrected chi connectivity index (χ2v) is 5.17. The average Bonchev–Trinajstić information content (AvgIpc) is 3.16. The summed E-state index contributed by atoms with van der Waals surface area (Å²) in [7, 11) is 6.35. The van der Waals surface area contributed by atoms with Crippen molar-refractivity contribution in [3.63, 3.8) is 0 Å². The summed E-state index contributed by atoms with van der Waals surface area (Å²) in [5, 5.41) is 0. The zero-order valence-corrected chi connectivity index (χ0v) is 14.5. The van der Waals surface area contributed by atoms with Crippen molar-refractivity contribution in [2.75, 3.05) is 28.4 Å². The van der Waals surface area contributed by atoms with Crippen LogP contribution in [-0.2, 0) is 0 Å². The Morgan fingerprint density at radius 3 is 1.92 bits per heavy atom. The molecular formula is C19H19NO5. The number of aromatic nitrogens is 1. The van der Waals surface area contributed by atoms with Crippen molar-refractivity contribution < 1.29 is 23.4 Å². The average molecular weight is 341 g/mol. The fourth-order valence-electron chi connectivity index (χ4n) is 2.62. The van der Waals surface area contributed by atoms with Gasteiger partial charge in [-0.3, -0.25) is 0 Å². The van der Waals surface area contributed by atoms with Crippen molar-refractivity contribution in [2.45, 2.75) is 0 Å². The number of benzene rings is 2. The van der Waals surface area contributed by atoms with Crippen LogP contribution in [0.1, 0.15) is 0 Å². The molecule has 130 valence electrons. The summed E-state index contributed by atoms with van der Waals surface area (Å²) in [6.07, 6.45) is 1.41. The first kappa shape index (κ1) is 16.7. The Morgan fingerprint density at radius 1 is 0.760 bits per heavy atom. The van der Waals surface area contributed by atoms with E-state index in [0.717, 1.165) is 16.9 Å². The number of oxazole rings is 1. The molecule has 3 rings (SSSR count). The summed E-state index contributed by atoms with van der Waals surface area (Å²) in [5.74, 6) is 3.07. The molecule has 0 saturated carbocycles. The summed E-state index contributed by atoms with van der Waals surface area (Å²) in [6, 6.07) is 11.3. The molecule has 0 spiro atoms. The number of hydrogen-bond donors (Lipinski definition) is 0. The first-order chi connectivity index (χ1) is 12.2. The van der Waals surface area contributed by atoms with Gasteiger partial charge in [-0.05, 0) is 36.4 Å². The monoisotopic (exact) mass is 341 g/mol. The van der Waals surface area contributed by atoms with E-state index < -0.39 is 0 Å². The summed E-state index contributed by atoms with van der Waals surface area (Å²) >= 11 is 0. The van der Waals surface area contributed by atoms with E-state index in [1.807, 2.05) is 36.4 Å². The maximum absolute atomic E-state index is 5.62. The molecule has 0 radical (unpaired) electrons. The number of methoxy groups -OCH3 is 4. The van der Waals surface area contributed by atoms with Crippen molar-refractivity contribution >= 4 is 0 Å². The highest BCUT2D eigenvalue weighted by Crippen LogP contribution is 2.42. The molecule has 0 bridgehead atoms. The van der Waals surface area contributed by atoms with Crippen molar-refractivity contribution in [3.05, 3.63) is 42.8 Å². The largest absolute Gasteiger partial charge is 0.497 e. The first-order valence-corrected chi connectivity index (χ1v) is 7.60. The third kappa shape index (κ3) is 3.10. The summed E-state index contributed by atoms with van der Waals surface area (Å²) in [4.78, 5) is 4.36. The van der Waals surface area contributed by atoms with E-state index in [1.54, 1.807) is 28.4 Å². The highest BCUT2D eigenvalue weighted by Gasteiger charge is 2.19. The molecule has 0 aliphatic rings. The van der Waals surface area contributed by atoms with Crippen LogP contribution in [0.3, 0.4) is 0 Å². The van der Waals surface area contributed by atoms with Crippen LogP contribution in [0.2, 0.25) is 0 Å². The second kappa shape index (κ2) is 7.17. The zero-order chi connectivity index (χ0) is 17.8. The van der Waals surface area contributed by atoms with E-state index in [-0.39, 0.29) is 0 Å². The Bertz CT molecular complexity index is 830. The molecule has 2 aromatic carbocycles. The molecule has 3 aromatic rings. The zero-order valence-electron chi connectivity index (χ0n) is 14.5. The van der Waals surface area contributed by atoms with Gasteiger partial charge in [-0.1, -0.05) is 0 Å². The van der Waals surface area contributed by atoms with Crippen LogP contribution in [-0.4, -0.2) is 33.4 Å². The van der Waals surface area contributed by atoms with Crippen molar-refractivity contribution in [1.82, 2.24) is 4.98 Å². The Labute approximate surface area is 145 Å². The quantitative estimate of drug-likeness (QED) is 0.674. The summed E-state index contributed by atoms with van der Waals surface area (Å²) in [5.41, 5.74) is 2.38. The van der Waals surface area contributed by atoms with E-state index in [2.05, 4.69) is 4.98 Å². The number of ether oxygens (including phenoxy) is 4. The van der Waals surface area contributed by atoms with Gasteiger partial charge in [-0.2, -0.15) is 0 Å². The molecule has 0 N–H and O–H groups in total. The lowest BCUT2D eigenvalue weighted by Crippen LogP contribution is -1.96. The van der Waals surface area contributed by atoms with Crippen molar-refractivity contribution in [1.29, 1.82) is 0 Å². The predicted molar refractivity (Wildman–Crippen MR) is 93.6 cm³/mol. The minimum absolute atomic E-state index is 0.531. The molecule has 0 unspecified atom stereocenters. The van der Waals surface area contributed by atoms with Gasteiger partial charge in [0.1, 0.15) is 11.4 Å². The van der Waals surface area contributed by atoms with Gasteiger partial charge in [-0.25, -0.2) is 4.98 Å². The number of hydrogen-bond acceptors (Lipinski definition) is 6. The van der Waals surface area contributed by atoms with Crippen LogP contribution in [0.15, 0.2) is 47.2 Å². The van der Waals surface area contributed by atoms with Gasteiger partial charge in [0.05, 0.1) is 28.4 Å². The van der Waals surface area contributed by atoms with Crippen LogP contribution in [0.4, 0.5) is 0 Å². The minimum Gasteiger partial charge on any atom is -0.497 e. The molecule has 6 nitrogen and oxygen atoms in total. The van der Waals surface area contributed by atoms with E-state index in [4.69, 9.17) is 23.4 Å². The molecule has 1 aromatic heterocycles. The summed E-state index contributed by atoms with van der Waals surface area (Å²) in [6.45, 7) is 0. The molecule has 6 heteroatoms. The molecule has 0 saturated heterocycles. The normalized spacial score (nSPS) is 10.4. The van der Waals surface area contributed by atoms with Crippen molar-refractivity contribution in [3.8, 4) is 45.6 Å². The molecule has 0 amide bonds. The van der Waals surface area contributed by atoms with Crippen LogP contribution in [0.5, 0.6) is 23.0 Å². The third-order valence-electron chi connectivity index (χ3n) is 3.86. The fourth-order valence-corrected chi connectivity index (χ4v) is 2.62. The minimum atomic E-state index is 0.531. The molecule has 1 heterocycles. The smallest absolute Gasteiger partial charge is 0.203 e. The predicted octanol–water partition coefficient (Wildman–Crippen LogP) is 4.04. The maximum Gasteiger partial charge on any atom is 0.203 e. The molecule has 0 atom stereocenters. The van der Waals surface area contributed by atoms with Crippen LogP contribution in [0.25, 0.3) is 22.6 Å². The van der Waals surface area contributed by atoms with E-state index in [9.17, 15) is 0 Å². The molecule has 0 aliphatic heterocycles. The Hall–Kier alpha value is -3.15. The summed E-state index contributed by atoms with van der Waals surface area (Å²) < 4.78 is 27.0. The number of nitrogens with zero attached hydrogens (tertiary/aromatic N) is 1. The van der Waals surface area contributed by atoms with Gasteiger partial charge in [0.2, 0.25) is 5.75 Å². The fraction of sp³-hybridized carbons (Fsp3) is 0.211. The molecule has 25 heavy (non-hydrogen) atoms. The third-order valence-corrected chi connectivity index (χ3v) is 3.86. The van der Waals surface area contributed by atoms with E-state index >= 15 is 0 Å². The Morgan fingerprint density at radius 2 is 1.40 bits per heavy atom. The second-order valence-electron chi connectivity index (χ2n) is 5.17. The molecular weight excluding hydrogens is 322 g/mol. The lowest BCUT2D eigenvalue weighted by molar-refractivity contribution is 0.324. The molecule has 0 aliphatic carbocycles. The highest BCUT2D eigenvalue weighted by atomic mass is 16.5. The molecule has 0 fully saturated rings. The number of rotatable bonds is 6. The van der Waals surface area contributed by atoms with Gasteiger partial charge in [0, 0.05) is 11.1 Å². The standard InChI is InChI=1S/C19H19NO5/c1-21-14-7-5-12(6-8-14)18-17(20-11-25-18)13-9-15(22-2)19(24-4)16(10-13)23-3/h5-11H,1-4H3. The van der Waals surface area contributed by atoms with E-state index in [1.165, 1.54) is 6.39 Å². The Kier molecular flexibility index (Phi) is 4.79. The topological polar surface area (TPSA) is 63.0 Å². The highest BCUT2D eigenvalue weighted by molar-refractivity contribution is 5.79. The SMILES string of the molecule is COc1ccc(-c2ocnc2-c2cc(OC)c(OC)c(OC)c2)cc1. The Balaban J connectivity index is 2.10. The first-order valence-electron chi connectivity index (χ1n) is 7.60. The van der Waals surface area contributed by atoms with Gasteiger partial charge in [0.25, 0.3) is 0 Å². The maximum atomic E-state index is 5.62. The van der Waals surface area contributed by atoms with Gasteiger partial charge in [0.15, 0.2) is 23.7 Å². The van der Waals surface area contributed by atoms with Crippen LogP contribution in [0, 0.1) is 0 Å². The van der Waals surface area contributed by atoms with Crippen molar-refractivity contribution in [2.24, 2.45) is 0 Å². The van der Waals surface area contributed by atoms with Gasteiger partial charge < -0.3 is 23.4 Å². The van der Waals surface area contributed by atoms with Crippen LogP contribution < -0.4 is 18.9 Å². The van der Waals surface area contributed by atoms with Gasteiger partial charge in [-0.15, -0.1) is 0 Å². The van der Waals surface area contributed by atoms with Gasteiger partial charge >= 0.3 is 0 Å². The lowest BCUT2D eigenvalue weighted by atomic mass is 10.0. The van der Waals surface area contributed by atoms with Crippen LogP contribution >= 0.6 is 0 Å².